The zero-order valence-electron chi connectivity index (χ0n) is 66.1. The van der Waals surface area contributed by atoms with Crippen LogP contribution in [0.5, 0.6) is 17.2 Å². The summed E-state index contributed by atoms with van der Waals surface area (Å²) in [6.45, 7) is 6.29. The molecule has 0 bridgehead atoms. The first-order chi connectivity index (χ1) is 58.8. The number of primary amides is 3. The summed E-state index contributed by atoms with van der Waals surface area (Å²) < 4.78 is 27.1. The molecule has 0 unspecified atom stereocenters. The second kappa shape index (κ2) is 40.7. The van der Waals surface area contributed by atoms with E-state index in [0.717, 1.165) is 99.5 Å². The van der Waals surface area contributed by atoms with Crippen LogP contribution >= 0.6 is 69.6 Å². The first kappa shape index (κ1) is 88.1. The van der Waals surface area contributed by atoms with E-state index in [9.17, 15) is 24.0 Å². The van der Waals surface area contributed by atoms with Gasteiger partial charge in [0.1, 0.15) is 39.5 Å². The number of nitrogens with two attached hydrogens (primary N) is 4. The average Bonchev–Trinajstić information content (AvgIpc) is 1.59. The minimum absolute atomic E-state index is 0.0793. The van der Waals surface area contributed by atoms with Crippen molar-refractivity contribution in [3.8, 4) is 17.2 Å². The van der Waals surface area contributed by atoms with Crippen LogP contribution < -0.4 is 57.6 Å². The van der Waals surface area contributed by atoms with Crippen LogP contribution in [0.2, 0.25) is 30.7 Å². The number of fused-ring (bicyclic) bond motifs is 5. The SMILES string of the molecule is CCOC(=O)c1cnc2c(C)cc(Cl)nn12.COc1ccc(CN(c2cc(Cl)nn3c(C(N)=O)cnc23)C2CC2)cc1.COc1ccc(CN(c2cc(Nc3ccccc3)nn3c(C(N)=O)cnc23)C2CC2)cc1.COc1ccc(CNC2CC2)cc1.NC(=O)c1cnc2c(Cl)cc(Cl)nn12.Nc1ccccc1.O=C(O)c1cnc2c(Cl)cc(Cl)nn12. The first-order valence-electron chi connectivity index (χ1n) is 37.7. The number of para-hydroxylation sites is 2. The predicted molar refractivity (Wildman–Crippen MR) is 466 cm³/mol. The number of methoxy groups -OCH3 is 3. The van der Waals surface area contributed by atoms with Gasteiger partial charge >= 0.3 is 11.9 Å². The second-order valence-corrected chi connectivity index (χ2v) is 29.7. The van der Waals surface area contributed by atoms with Crippen molar-refractivity contribution in [2.24, 2.45) is 17.2 Å². The minimum atomic E-state index is -1.14. The number of amides is 3. The lowest BCUT2D eigenvalue weighted by molar-refractivity contribution is 0.0515. The third-order valence-electron chi connectivity index (χ3n) is 18.5. The zero-order chi connectivity index (χ0) is 86.8. The molecule has 0 spiro atoms. The van der Waals surface area contributed by atoms with E-state index in [1.165, 1.54) is 79.6 Å². The van der Waals surface area contributed by atoms with Crippen LogP contribution in [0.25, 0.3) is 28.2 Å². The van der Waals surface area contributed by atoms with E-state index in [4.69, 9.17) is 117 Å². The van der Waals surface area contributed by atoms with Crippen LogP contribution in [0.4, 0.5) is 28.6 Å². The normalized spacial score (nSPS) is 12.4. The first-order valence-corrected chi connectivity index (χ1v) is 40.0. The number of anilines is 5. The monoisotopic (exact) mass is 1770 g/mol. The number of esters is 1. The van der Waals surface area contributed by atoms with Crippen molar-refractivity contribution in [2.75, 3.05) is 48.8 Å². The van der Waals surface area contributed by atoms with Gasteiger partial charge in [0.2, 0.25) is 0 Å². The van der Waals surface area contributed by atoms with Gasteiger partial charge in [-0.25, -0.2) is 57.1 Å². The number of benzene rings is 5. The number of aromatic nitrogens is 15. The standard InChI is InChI=1S/C24H24N6O2.C18H18ClN5O2.C11H15NO.C10H10ClN3O2.C7H4Cl2N4O.C7H3Cl2N3O2.C6H7N/c1-32-19-11-7-16(8-12-19)15-29(18-9-10-18)20-13-22(27-17-5-3-2-4-6-17)28-30-21(23(25)31)14-26-24(20)30;1-26-13-6-2-11(3-7-13)10-23(12-4-5-12)14-8-16(19)22-24-15(17(20)25)9-21-18(14)24;1-13-11-6-2-9(3-7-11)8-12-10-4-5-10;1-3-16-10(15)7-5-12-9-6(2)4-8(11)13-14(7)9;8-3-1-5(9)12-13-4(6(10)14)2-11-7(3)13;8-3-1-5(9)11-12-4(7(13)14)2-10-6(3)12;7-6-4-2-1-3-5-6/h2-8,11-14,18H,9-10,15H2,1H3,(H2,25,31)(H,27,28);2-3,6-9,12H,4-5,10H2,1H3,(H2,20,25);2-3,6-7,10,12H,4-5,8H2,1H3;4-5H,3H2,1-2H3;1-2H,(H2,10,14);1-2H,(H,13,14);1-5H,7H2. The fraction of sp³-hybridized carbons (Fsp3) is 0.217. The Kier molecular flexibility index (Phi) is 29.4. The van der Waals surface area contributed by atoms with Gasteiger partial charge in [0.25, 0.3) is 17.7 Å². The number of imidazole rings is 5. The highest BCUT2D eigenvalue weighted by Gasteiger charge is 2.34. The lowest BCUT2D eigenvalue weighted by atomic mass is 10.2. The molecule has 3 amide bonds. The van der Waals surface area contributed by atoms with Crippen LogP contribution in [0.1, 0.15) is 120 Å². The summed E-state index contributed by atoms with van der Waals surface area (Å²) in [5, 5.41) is 37.5. The Morgan fingerprint density at radius 2 is 0.836 bits per heavy atom. The van der Waals surface area contributed by atoms with Gasteiger partial charge < -0.3 is 67.4 Å². The van der Waals surface area contributed by atoms with Gasteiger partial charge in [0, 0.05) is 61.3 Å². The molecule has 11 N–H and O–H groups in total. The van der Waals surface area contributed by atoms with Gasteiger partial charge in [-0.1, -0.05) is 142 Å². The molecule has 0 saturated heterocycles. The molecule has 15 aromatic rings. The van der Waals surface area contributed by atoms with E-state index in [-0.39, 0.29) is 54.6 Å². The van der Waals surface area contributed by atoms with Gasteiger partial charge in [0.05, 0.1) is 80.3 Å². The summed E-state index contributed by atoms with van der Waals surface area (Å²) in [7, 11) is 5.00. The number of nitrogens with one attached hydrogen (secondary N) is 2. The maximum atomic E-state index is 12.0. The molecule has 3 fully saturated rings. The van der Waals surface area contributed by atoms with Gasteiger partial charge in [-0.15, -0.1) is 5.10 Å². The number of nitrogen functional groups attached to an aromatic ring is 1. The summed E-state index contributed by atoms with van der Waals surface area (Å²) in [4.78, 5) is 82.1. The fourth-order valence-electron chi connectivity index (χ4n) is 12.1. The Balaban J connectivity index is 0.000000136. The molecule has 33 nitrogen and oxygen atoms in total. The molecular formula is C83H81Cl6N23O10. The van der Waals surface area contributed by atoms with E-state index < -0.39 is 29.7 Å². The number of rotatable bonds is 22. The van der Waals surface area contributed by atoms with Gasteiger partial charge in [-0.05, 0) is 153 Å². The number of halogens is 6. The lowest BCUT2D eigenvalue weighted by Crippen LogP contribution is -2.26. The van der Waals surface area contributed by atoms with Gasteiger partial charge in [-0.2, -0.15) is 20.4 Å². The van der Waals surface area contributed by atoms with Crippen molar-refractivity contribution in [2.45, 2.75) is 90.1 Å². The van der Waals surface area contributed by atoms with Crippen molar-refractivity contribution < 1.29 is 48.0 Å². The number of carbonyl (C=O) groups excluding carboxylic acids is 4. The topological polar surface area (TPSA) is 428 Å². The van der Waals surface area contributed by atoms with Crippen LogP contribution in [0.15, 0.2) is 195 Å². The van der Waals surface area contributed by atoms with E-state index in [1.807, 2.05) is 122 Å². The number of hydrogen-bond donors (Lipinski definition) is 7. The number of nitrogens with zero attached hydrogens (tertiary/aromatic N) is 17. The Morgan fingerprint density at radius 1 is 0.459 bits per heavy atom. The summed E-state index contributed by atoms with van der Waals surface area (Å²) in [6, 6.07) is 53.4. The number of aryl methyl sites for hydroxylation is 1. The third-order valence-corrected chi connectivity index (χ3v) is 19.8. The number of carboxylic acids is 1. The van der Waals surface area contributed by atoms with Crippen molar-refractivity contribution in [3.05, 3.63) is 276 Å². The number of hydrogen-bond acceptors (Lipinski definition) is 24. The summed E-state index contributed by atoms with van der Waals surface area (Å²) in [5.74, 6) is -0.204. The Bertz CT molecular complexity index is 6100. The molecule has 39 heteroatoms. The van der Waals surface area contributed by atoms with Crippen molar-refractivity contribution in [1.82, 2.24) is 78.3 Å². The Morgan fingerprint density at radius 3 is 1.25 bits per heavy atom. The maximum absolute atomic E-state index is 12.0. The molecule has 18 rings (SSSR count). The molecule has 3 saturated carbocycles. The molecular weight excluding hydrogens is 1690 g/mol. The number of carboxylic acid groups (broad SMARTS) is 1. The summed E-state index contributed by atoms with van der Waals surface area (Å²) >= 11 is 34.9. The largest absolute Gasteiger partial charge is 0.497 e. The number of aromatic carboxylic acids is 1. The highest BCUT2D eigenvalue weighted by atomic mass is 35.5. The molecule has 3 aliphatic carbocycles. The minimum Gasteiger partial charge on any atom is -0.497 e. The van der Waals surface area contributed by atoms with Crippen LogP contribution in [-0.4, -0.2) is 154 Å². The molecule has 10 heterocycles. The van der Waals surface area contributed by atoms with Crippen LogP contribution in [0, 0.1) is 6.92 Å². The maximum Gasteiger partial charge on any atom is 0.358 e. The average molecular weight is 1770 g/mol. The van der Waals surface area contributed by atoms with Crippen LogP contribution in [0.3, 0.4) is 0 Å². The van der Waals surface area contributed by atoms with E-state index in [2.05, 4.69) is 95.1 Å². The highest BCUT2D eigenvalue weighted by molar-refractivity contribution is 6.36. The molecule has 0 radical (unpaired) electrons. The zero-order valence-corrected chi connectivity index (χ0v) is 70.6. The lowest BCUT2D eigenvalue weighted by Gasteiger charge is -2.26. The van der Waals surface area contributed by atoms with Crippen molar-refractivity contribution in [3.63, 3.8) is 0 Å². The van der Waals surface area contributed by atoms with Gasteiger partial charge in [0.15, 0.2) is 60.9 Å². The summed E-state index contributed by atoms with van der Waals surface area (Å²) in [6.07, 6.45) is 13.9. The van der Waals surface area contributed by atoms with Crippen molar-refractivity contribution >= 4 is 156 Å². The highest BCUT2D eigenvalue weighted by Crippen LogP contribution is 2.39. The molecule has 5 aromatic carbocycles. The molecule has 0 atom stereocenters. The number of ether oxygens (including phenoxy) is 4. The van der Waals surface area contributed by atoms with Gasteiger partial charge in [-0.3, -0.25) is 14.4 Å². The number of carbonyl (C=O) groups is 5. The Hall–Kier alpha value is -13.2. The molecule has 630 valence electrons. The van der Waals surface area contributed by atoms with E-state index in [0.29, 0.717) is 70.4 Å². The summed E-state index contributed by atoms with van der Waals surface area (Å²) in [5.41, 5.74) is 32.6. The van der Waals surface area contributed by atoms with E-state index >= 15 is 0 Å². The molecule has 10 aromatic heterocycles. The Labute approximate surface area is 727 Å². The molecule has 3 aliphatic rings. The fourth-order valence-corrected chi connectivity index (χ4v) is 13.5. The molecule has 122 heavy (non-hydrogen) atoms. The molecule has 0 aliphatic heterocycles. The van der Waals surface area contributed by atoms with E-state index in [1.54, 1.807) is 40.4 Å². The van der Waals surface area contributed by atoms with Crippen molar-refractivity contribution in [1.29, 1.82) is 0 Å². The predicted octanol–water partition coefficient (Wildman–Crippen LogP) is 14.4. The smallest absolute Gasteiger partial charge is 0.358 e. The third kappa shape index (κ3) is 22.9. The quantitative estimate of drug-likeness (QED) is 0.0245. The van der Waals surface area contributed by atoms with Crippen LogP contribution in [-0.2, 0) is 24.4 Å². The second-order valence-electron chi connectivity index (χ2n) is 27.4.